The summed E-state index contributed by atoms with van der Waals surface area (Å²) in [5, 5.41) is 9.57. The Morgan fingerprint density at radius 3 is 3.12 bits per heavy atom. The number of rotatable bonds is 3. The van der Waals surface area contributed by atoms with Crippen molar-refractivity contribution < 1.29 is 9.84 Å². The van der Waals surface area contributed by atoms with Crippen LogP contribution in [0.15, 0.2) is 18.3 Å². The maximum absolute atomic E-state index is 9.57. The number of methoxy groups -OCH3 is 1. The molecule has 0 spiro atoms. The average molecular weight is 236 g/mol. The normalized spacial score (nSPS) is 22.5. The Morgan fingerprint density at radius 1 is 1.59 bits per heavy atom. The molecule has 1 aliphatic heterocycles. The Bertz CT molecular complexity index is 368. The van der Waals surface area contributed by atoms with E-state index in [4.69, 9.17) is 4.74 Å². The molecule has 1 saturated heterocycles. The first-order valence-corrected chi connectivity index (χ1v) is 6.12. The first-order chi connectivity index (χ1) is 8.20. The number of ether oxygens (including phenoxy) is 1. The average Bonchev–Trinajstić information content (AvgIpc) is 2.39. The maximum Gasteiger partial charge on any atom is 0.128 e. The van der Waals surface area contributed by atoms with Gasteiger partial charge in [-0.2, -0.15) is 0 Å². The van der Waals surface area contributed by atoms with E-state index in [1.54, 1.807) is 20.2 Å². The summed E-state index contributed by atoms with van der Waals surface area (Å²) >= 11 is 0. The monoisotopic (exact) mass is 236 g/mol. The smallest absolute Gasteiger partial charge is 0.128 e. The van der Waals surface area contributed by atoms with Crippen molar-refractivity contribution in [3.8, 4) is 0 Å². The zero-order valence-electron chi connectivity index (χ0n) is 10.5. The summed E-state index contributed by atoms with van der Waals surface area (Å²) in [6.07, 6.45) is 3.84. The summed E-state index contributed by atoms with van der Waals surface area (Å²) < 4.78 is 5.40. The number of aliphatic hydroxyl groups is 1. The minimum absolute atomic E-state index is 0.292. The quantitative estimate of drug-likeness (QED) is 0.868. The molecule has 2 atom stereocenters. The van der Waals surface area contributed by atoms with E-state index in [9.17, 15) is 5.11 Å². The lowest BCUT2D eigenvalue weighted by molar-refractivity contribution is 0.0891. The van der Waals surface area contributed by atoms with Crippen LogP contribution in [0.5, 0.6) is 0 Å². The number of pyridine rings is 1. The van der Waals surface area contributed by atoms with E-state index < -0.39 is 6.10 Å². The molecule has 0 aliphatic carbocycles. The van der Waals surface area contributed by atoms with Crippen molar-refractivity contribution in [3.05, 3.63) is 23.9 Å². The van der Waals surface area contributed by atoms with Gasteiger partial charge in [-0.05, 0) is 37.5 Å². The molecule has 1 N–H and O–H groups in total. The second-order valence-electron chi connectivity index (χ2n) is 4.57. The molecule has 17 heavy (non-hydrogen) atoms. The minimum atomic E-state index is -0.445. The van der Waals surface area contributed by atoms with E-state index in [1.807, 2.05) is 12.1 Å². The van der Waals surface area contributed by atoms with Gasteiger partial charge >= 0.3 is 0 Å². The van der Waals surface area contributed by atoms with Gasteiger partial charge in [0.05, 0.1) is 12.2 Å². The Balaban J connectivity index is 2.13. The van der Waals surface area contributed by atoms with Crippen molar-refractivity contribution in [3.63, 3.8) is 0 Å². The van der Waals surface area contributed by atoms with Crippen LogP contribution < -0.4 is 4.90 Å². The third kappa shape index (κ3) is 2.96. The van der Waals surface area contributed by atoms with Crippen LogP contribution in [-0.4, -0.2) is 36.4 Å². The predicted molar refractivity (Wildman–Crippen MR) is 67.1 cm³/mol. The van der Waals surface area contributed by atoms with Gasteiger partial charge in [-0.25, -0.2) is 4.98 Å². The SMILES string of the molecule is COC1CCCN(c2cc([C@H](C)O)ccn2)C1. The highest BCUT2D eigenvalue weighted by molar-refractivity contribution is 5.42. The summed E-state index contributed by atoms with van der Waals surface area (Å²) in [5.74, 6) is 0.935. The highest BCUT2D eigenvalue weighted by atomic mass is 16.5. The molecule has 94 valence electrons. The lowest BCUT2D eigenvalue weighted by Crippen LogP contribution is -2.39. The molecule has 0 amide bonds. The summed E-state index contributed by atoms with van der Waals surface area (Å²) in [6, 6.07) is 3.81. The fourth-order valence-electron chi connectivity index (χ4n) is 2.21. The molecule has 1 aromatic heterocycles. The number of hydrogen-bond acceptors (Lipinski definition) is 4. The summed E-state index contributed by atoms with van der Waals surface area (Å²) in [6.45, 7) is 3.66. The van der Waals surface area contributed by atoms with Crippen LogP contribution in [0, 0.1) is 0 Å². The van der Waals surface area contributed by atoms with Crippen LogP contribution in [0.1, 0.15) is 31.4 Å². The fraction of sp³-hybridized carbons (Fsp3) is 0.615. The largest absolute Gasteiger partial charge is 0.389 e. The Kier molecular flexibility index (Phi) is 3.97. The molecule has 0 radical (unpaired) electrons. The van der Waals surface area contributed by atoms with Crippen molar-refractivity contribution in [1.29, 1.82) is 0 Å². The van der Waals surface area contributed by atoms with Gasteiger partial charge in [0.2, 0.25) is 0 Å². The topological polar surface area (TPSA) is 45.6 Å². The second kappa shape index (κ2) is 5.47. The van der Waals surface area contributed by atoms with Crippen LogP contribution in [-0.2, 0) is 4.74 Å². The Labute approximate surface area is 102 Å². The van der Waals surface area contributed by atoms with Crippen molar-refractivity contribution in [2.24, 2.45) is 0 Å². The van der Waals surface area contributed by atoms with Crippen LogP contribution >= 0.6 is 0 Å². The fourth-order valence-corrected chi connectivity index (χ4v) is 2.21. The van der Waals surface area contributed by atoms with E-state index in [0.717, 1.165) is 37.3 Å². The zero-order chi connectivity index (χ0) is 12.3. The lowest BCUT2D eigenvalue weighted by Gasteiger charge is -2.33. The van der Waals surface area contributed by atoms with E-state index in [0.29, 0.717) is 6.10 Å². The number of aromatic nitrogens is 1. The van der Waals surface area contributed by atoms with Crippen LogP contribution in [0.3, 0.4) is 0 Å². The Morgan fingerprint density at radius 2 is 2.41 bits per heavy atom. The van der Waals surface area contributed by atoms with Gasteiger partial charge in [0.1, 0.15) is 5.82 Å². The third-order valence-electron chi connectivity index (χ3n) is 3.29. The minimum Gasteiger partial charge on any atom is -0.389 e. The first kappa shape index (κ1) is 12.3. The van der Waals surface area contributed by atoms with Crippen molar-refractivity contribution >= 4 is 5.82 Å². The standard InChI is InChI=1S/C13H20N2O2/c1-10(16)11-5-6-14-13(8-11)15-7-3-4-12(9-15)17-2/h5-6,8,10,12,16H,3-4,7,9H2,1-2H3/t10-,12?/m0/s1. The zero-order valence-corrected chi connectivity index (χ0v) is 10.5. The van der Waals surface area contributed by atoms with Crippen LogP contribution in [0.25, 0.3) is 0 Å². The number of hydrogen-bond donors (Lipinski definition) is 1. The highest BCUT2D eigenvalue weighted by Gasteiger charge is 2.20. The molecule has 1 fully saturated rings. The molecule has 0 aromatic carbocycles. The number of nitrogens with zero attached hydrogens (tertiary/aromatic N) is 2. The Hall–Kier alpha value is -1.13. The van der Waals surface area contributed by atoms with Crippen LogP contribution in [0.2, 0.25) is 0 Å². The summed E-state index contributed by atoms with van der Waals surface area (Å²) in [5.41, 5.74) is 0.912. The molecular weight excluding hydrogens is 216 g/mol. The number of piperidine rings is 1. The van der Waals surface area contributed by atoms with E-state index in [-0.39, 0.29) is 0 Å². The number of aliphatic hydroxyl groups excluding tert-OH is 1. The van der Waals surface area contributed by atoms with Crippen molar-refractivity contribution in [2.45, 2.75) is 32.0 Å². The van der Waals surface area contributed by atoms with Gasteiger partial charge in [-0.1, -0.05) is 0 Å². The number of anilines is 1. The summed E-state index contributed by atoms with van der Waals surface area (Å²) in [4.78, 5) is 6.60. The molecular formula is C13H20N2O2. The molecule has 1 unspecified atom stereocenters. The van der Waals surface area contributed by atoms with E-state index in [1.165, 1.54) is 0 Å². The molecule has 4 nitrogen and oxygen atoms in total. The summed E-state index contributed by atoms with van der Waals surface area (Å²) in [7, 11) is 1.76. The van der Waals surface area contributed by atoms with E-state index in [2.05, 4.69) is 9.88 Å². The van der Waals surface area contributed by atoms with Gasteiger partial charge in [-0.15, -0.1) is 0 Å². The molecule has 4 heteroatoms. The highest BCUT2D eigenvalue weighted by Crippen LogP contribution is 2.22. The molecule has 2 rings (SSSR count). The maximum atomic E-state index is 9.57. The molecule has 1 aromatic rings. The van der Waals surface area contributed by atoms with E-state index >= 15 is 0 Å². The second-order valence-corrected chi connectivity index (χ2v) is 4.57. The molecule has 0 bridgehead atoms. The van der Waals surface area contributed by atoms with Crippen LogP contribution in [0.4, 0.5) is 5.82 Å². The molecule has 2 heterocycles. The van der Waals surface area contributed by atoms with Gasteiger partial charge in [0.15, 0.2) is 0 Å². The third-order valence-corrected chi connectivity index (χ3v) is 3.29. The van der Waals surface area contributed by atoms with Gasteiger partial charge in [0.25, 0.3) is 0 Å². The molecule has 1 aliphatic rings. The lowest BCUT2D eigenvalue weighted by atomic mass is 10.1. The van der Waals surface area contributed by atoms with Crippen molar-refractivity contribution in [2.75, 3.05) is 25.1 Å². The molecule has 0 saturated carbocycles. The van der Waals surface area contributed by atoms with Gasteiger partial charge in [0, 0.05) is 26.4 Å². The van der Waals surface area contributed by atoms with Gasteiger partial charge < -0.3 is 14.7 Å². The van der Waals surface area contributed by atoms with Crippen molar-refractivity contribution in [1.82, 2.24) is 4.98 Å². The van der Waals surface area contributed by atoms with Gasteiger partial charge in [-0.3, -0.25) is 0 Å². The first-order valence-electron chi connectivity index (χ1n) is 6.12. The predicted octanol–water partition coefficient (Wildman–Crippen LogP) is 1.75.